The average molecular weight is 591 g/mol. The van der Waals surface area contributed by atoms with E-state index in [0.717, 1.165) is 15.4 Å². The number of amides is 2. The van der Waals surface area contributed by atoms with E-state index in [1.54, 1.807) is 63.2 Å². The monoisotopic (exact) mass is 589 g/mol. The molecule has 39 heavy (non-hydrogen) atoms. The van der Waals surface area contributed by atoms with Gasteiger partial charge in [-0.2, -0.15) is 0 Å². The number of carbonyl (C=O) groups excluding carboxylic acids is 2. The van der Waals surface area contributed by atoms with Crippen LogP contribution in [-0.2, 0) is 26.2 Å². The lowest BCUT2D eigenvalue weighted by Gasteiger charge is -2.32. The van der Waals surface area contributed by atoms with Gasteiger partial charge in [0.1, 0.15) is 12.6 Å². The number of nitrogens with one attached hydrogen (secondary N) is 1. The Morgan fingerprint density at radius 1 is 0.897 bits per heavy atom. The van der Waals surface area contributed by atoms with Gasteiger partial charge in [-0.05, 0) is 76.1 Å². The summed E-state index contributed by atoms with van der Waals surface area (Å²) in [5.41, 5.74) is 3.60. The van der Waals surface area contributed by atoms with Crippen LogP contribution in [0.1, 0.15) is 36.1 Å². The van der Waals surface area contributed by atoms with Gasteiger partial charge in [-0.25, -0.2) is 8.42 Å². The fourth-order valence-corrected chi connectivity index (χ4v) is 5.97. The smallest absolute Gasteiger partial charge is 0.264 e. The molecule has 0 bridgehead atoms. The van der Waals surface area contributed by atoms with Gasteiger partial charge in [0.2, 0.25) is 11.8 Å². The zero-order chi connectivity index (χ0) is 28.9. The first-order valence-corrected chi connectivity index (χ1v) is 14.7. The third kappa shape index (κ3) is 7.32. The molecular formula is C29H33Cl2N3O4S. The van der Waals surface area contributed by atoms with Crippen LogP contribution in [-0.4, -0.2) is 44.3 Å². The van der Waals surface area contributed by atoms with Gasteiger partial charge >= 0.3 is 0 Å². The Morgan fingerprint density at radius 2 is 1.54 bits per heavy atom. The molecule has 1 atom stereocenters. The van der Waals surface area contributed by atoms with Crippen LogP contribution >= 0.6 is 23.2 Å². The molecule has 208 valence electrons. The van der Waals surface area contributed by atoms with Gasteiger partial charge in [-0.15, -0.1) is 0 Å². The molecule has 3 aromatic rings. The third-order valence-corrected chi connectivity index (χ3v) is 8.88. The zero-order valence-electron chi connectivity index (χ0n) is 22.7. The van der Waals surface area contributed by atoms with Gasteiger partial charge in [0, 0.05) is 13.1 Å². The summed E-state index contributed by atoms with van der Waals surface area (Å²) in [6, 6.07) is 15.9. The van der Waals surface area contributed by atoms with Gasteiger partial charge in [-0.1, -0.05) is 64.7 Å². The second kappa shape index (κ2) is 12.9. The quantitative estimate of drug-likeness (QED) is 0.330. The minimum Gasteiger partial charge on any atom is -0.355 e. The molecule has 3 aromatic carbocycles. The molecule has 0 aliphatic rings. The second-order valence-electron chi connectivity index (χ2n) is 9.46. The summed E-state index contributed by atoms with van der Waals surface area (Å²) in [5.74, 6) is -0.902. The maximum Gasteiger partial charge on any atom is 0.264 e. The fraction of sp³-hybridized carbons (Fsp3) is 0.310. The fourth-order valence-electron chi connectivity index (χ4n) is 4.18. The molecule has 0 aromatic heterocycles. The SMILES string of the molecule is CCNC(=O)C(C)N(Cc1ccc(Cl)c(Cl)c1)C(=O)CN(c1ccc(C)cc1C)S(=O)(=O)c1ccc(C)cc1. The van der Waals surface area contributed by atoms with Crippen molar-refractivity contribution in [2.75, 3.05) is 17.4 Å². The van der Waals surface area contributed by atoms with Crippen LogP contribution in [0, 0.1) is 20.8 Å². The number of hydrogen-bond acceptors (Lipinski definition) is 4. The topological polar surface area (TPSA) is 86.8 Å². The van der Waals surface area contributed by atoms with Crippen LogP contribution in [0.2, 0.25) is 10.0 Å². The second-order valence-corrected chi connectivity index (χ2v) is 12.1. The summed E-state index contributed by atoms with van der Waals surface area (Å²) in [7, 11) is -4.13. The lowest BCUT2D eigenvalue weighted by Crippen LogP contribution is -2.51. The molecule has 0 saturated heterocycles. The number of sulfonamides is 1. The van der Waals surface area contributed by atoms with Crippen LogP contribution in [0.15, 0.2) is 65.6 Å². The molecule has 1 N–H and O–H groups in total. The maximum atomic E-state index is 13.9. The summed E-state index contributed by atoms with van der Waals surface area (Å²) >= 11 is 12.3. The first-order chi connectivity index (χ1) is 18.3. The van der Waals surface area contributed by atoms with Crippen molar-refractivity contribution < 1.29 is 18.0 Å². The van der Waals surface area contributed by atoms with Crippen molar-refractivity contribution in [2.45, 2.75) is 52.1 Å². The van der Waals surface area contributed by atoms with Gasteiger partial charge in [0.15, 0.2) is 0 Å². The van der Waals surface area contributed by atoms with Crippen molar-refractivity contribution in [3.63, 3.8) is 0 Å². The Bertz CT molecular complexity index is 1460. The highest BCUT2D eigenvalue weighted by atomic mass is 35.5. The number of rotatable bonds is 10. The molecule has 10 heteroatoms. The van der Waals surface area contributed by atoms with E-state index in [4.69, 9.17) is 23.2 Å². The van der Waals surface area contributed by atoms with E-state index in [9.17, 15) is 18.0 Å². The first kappa shape index (κ1) is 30.5. The summed E-state index contributed by atoms with van der Waals surface area (Å²) < 4.78 is 29.0. The van der Waals surface area contributed by atoms with Crippen LogP contribution in [0.5, 0.6) is 0 Å². The molecule has 7 nitrogen and oxygen atoms in total. The lowest BCUT2D eigenvalue weighted by atomic mass is 10.1. The van der Waals surface area contributed by atoms with Crippen LogP contribution in [0.4, 0.5) is 5.69 Å². The molecule has 0 aliphatic heterocycles. The van der Waals surface area contributed by atoms with Crippen molar-refractivity contribution in [3.05, 3.63) is 93.0 Å². The number of hydrogen-bond donors (Lipinski definition) is 1. The number of nitrogens with zero attached hydrogens (tertiary/aromatic N) is 2. The van der Waals surface area contributed by atoms with Gasteiger partial charge in [0.25, 0.3) is 10.0 Å². The molecule has 0 heterocycles. The standard InChI is InChI=1S/C29H33Cl2N3O4S/c1-6-32-29(36)22(5)33(17-23-10-13-25(30)26(31)16-23)28(35)18-34(27-14-9-20(3)15-21(27)4)39(37,38)24-11-7-19(2)8-12-24/h7-16,22H,6,17-18H2,1-5H3,(H,32,36). The van der Waals surface area contributed by atoms with Crippen molar-refractivity contribution in [2.24, 2.45) is 0 Å². The van der Waals surface area contributed by atoms with Gasteiger partial charge in [-0.3, -0.25) is 13.9 Å². The highest BCUT2D eigenvalue weighted by Gasteiger charge is 2.33. The summed E-state index contributed by atoms with van der Waals surface area (Å²) in [6.07, 6.45) is 0. The Morgan fingerprint density at radius 3 is 2.13 bits per heavy atom. The van der Waals surface area contributed by atoms with E-state index in [1.807, 2.05) is 19.9 Å². The number of likely N-dealkylation sites (N-methyl/N-ethyl adjacent to an activating group) is 1. The first-order valence-electron chi connectivity index (χ1n) is 12.5. The minimum absolute atomic E-state index is 0.0271. The van der Waals surface area contributed by atoms with Crippen molar-refractivity contribution >= 4 is 50.7 Å². The maximum absolute atomic E-state index is 13.9. The molecule has 0 spiro atoms. The molecule has 0 radical (unpaired) electrons. The average Bonchev–Trinajstić information content (AvgIpc) is 2.88. The third-order valence-electron chi connectivity index (χ3n) is 6.36. The number of anilines is 1. The molecule has 0 aliphatic carbocycles. The molecule has 1 unspecified atom stereocenters. The van der Waals surface area contributed by atoms with E-state index < -0.39 is 28.5 Å². The zero-order valence-corrected chi connectivity index (χ0v) is 25.0. The summed E-state index contributed by atoms with van der Waals surface area (Å²) in [4.78, 5) is 28.2. The Hall–Kier alpha value is -3.07. The highest BCUT2D eigenvalue weighted by molar-refractivity contribution is 7.92. The molecule has 0 saturated carbocycles. The largest absolute Gasteiger partial charge is 0.355 e. The molecule has 3 rings (SSSR count). The number of carbonyl (C=O) groups is 2. The van der Waals surface area contributed by atoms with Gasteiger partial charge in [0.05, 0.1) is 20.6 Å². The van der Waals surface area contributed by atoms with Crippen LogP contribution in [0.3, 0.4) is 0 Å². The molecular weight excluding hydrogens is 557 g/mol. The van der Waals surface area contributed by atoms with Crippen molar-refractivity contribution in [3.8, 4) is 0 Å². The minimum atomic E-state index is -4.13. The van der Waals surface area contributed by atoms with E-state index >= 15 is 0 Å². The van der Waals surface area contributed by atoms with Gasteiger partial charge < -0.3 is 10.2 Å². The van der Waals surface area contributed by atoms with Crippen LogP contribution in [0.25, 0.3) is 0 Å². The lowest BCUT2D eigenvalue weighted by molar-refractivity contribution is -0.139. The Labute approximate surface area is 240 Å². The normalized spacial score (nSPS) is 12.1. The van der Waals surface area contributed by atoms with Crippen molar-refractivity contribution in [1.82, 2.24) is 10.2 Å². The number of halogens is 2. The molecule has 0 fully saturated rings. The predicted octanol–water partition coefficient (Wildman–Crippen LogP) is 5.67. The Balaban J connectivity index is 2.07. The number of aryl methyl sites for hydroxylation is 3. The van der Waals surface area contributed by atoms with Crippen molar-refractivity contribution in [1.29, 1.82) is 0 Å². The van der Waals surface area contributed by atoms with E-state index in [0.29, 0.717) is 33.4 Å². The summed E-state index contributed by atoms with van der Waals surface area (Å²) in [6.45, 7) is 8.87. The highest BCUT2D eigenvalue weighted by Crippen LogP contribution is 2.29. The van der Waals surface area contributed by atoms with E-state index in [2.05, 4.69) is 5.32 Å². The number of benzene rings is 3. The molecule has 2 amide bonds. The predicted molar refractivity (Wildman–Crippen MR) is 157 cm³/mol. The van der Waals surface area contributed by atoms with E-state index in [1.165, 1.54) is 17.0 Å². The van der Waals surface area contributed by atoms with E-state index in [-0.39, 0.29) is 17.3 Å². The Kier molecular flexibility index (Phi) is 10.0. The van der Waals surface area contributed by atoms with Crippen LogP contribution < -0.4 is 9.62 Å². The summed E-state index contributed by atoms with van der Waals surface area (Å²) in [5, 5.41) is 3.41.